The molecular weight excluding hydrogens is 382 g/mol. The Hall–Kier alpha value is -3.15. The maximum atomic E-state index is 12.2. The number of nitrogens with one attached hydrogen (secondary N) is 1. The third-order valence-electron chi connectivity index (χ3n) is 5.64. The van der Waals surface area contributed by atoms with Gasteiger partial charge in [0.25, 0.3) is 5.91 Å². The molecule has 30 heavy (non-hydrogen) atoms. The average Bonchev–Trinajstić information content (AvgIpc) is 3.15. The number of carbonyl (C=O) groups excluding carboxylic acids is 1. The van der Waals surface area contributed by atoms with Crippen LogP contribution in [-0.2, 0) is 24.1 Å². The van der Waals surface area contributed by atoms with E-state index in [2.05, 4.69) is 5.32 Å². The number of hydrogen-bond acceptors (Lipinski definition) is 5. The molecule has 0 unspecified atom stereocenters. The lowest BCUT2D eigenvalue weighted by atomic mass is 9.96. The summed E-state index contributed by atoms with van der Waals surface area (Å²) in [5, 5.41) is 4.02. The molecule has 0 bridgehead atoms. The summed E-state index contributed by atoms with van der Waals surface area (Å²) in [4.78, 5) is 12.2. The van der Waals surface area contributed by atoms with Crippen LogP contribution in [0.25, 0.3) is 11.0 Å². The van der Waals surface area contributed by atoms with E-state index >= 15 is 0 Å². The lowest BCUT2D eigenvalue weighted by Gasteiger charge is -2.18. The lowest BCUT2D eigenvalue weighted by molar-refractivity contribution is -0.123. The Labute approximate surface area is 175 Å². The second-order valence-electron chi connectivity index (χ2n) is 7.74. The molecule has 1 aliphatic carbocycles. The first kappa shape index (κ1) is 18.9. The van der Waals surface area contributed by atoms with Gasteiger partial charge in [0, 0.05) is 23.9 Å². The Balaban J connectivity index is 1.13. The van der Waals surface area contributed by atoms with Crippen molar-refractivity contribution in [1.29, 1.82) is 0 Å². The molecule has 0 saturated heterocycles. The van der Waals surface area contributed by atoms with Gasteiger partial charge >= 0.3 is 0 Å². The summed E-state index contributed by atoms with van der Waals surface area (Å²) in [5.41, 5.74) is 3.29. The number of rotatable bonds is 6. The number of carbonyl (C=O) groups is 1. The minimum atomic E-state index is -0.137. The van der Waals surface area contributed by atoms with Gasteiger partial charge in [-0.2, -0.15) is 0 Å². The Bertz CT molecular complexity index is 1070. The number of benzene rings is 2. The number of hydrogen-bond donors (Lipinski definition) is 1. The van der Waals surface area contributed by atoms with E-state index in [1.807, 2.05) is 36.4 Å². The molecule has 6 nitrogen and oxygen atoms in total. The van der Waals surface area contributed by atoms with E-state index in [1.165, 1.54) is 18.4 Å². The fourth-order valence-electron chi connectivity index (χ4n) is 4.12. The normalized spacial score (nSPS) is 14.9. The van der Waals surface area contributed by atoms with Gasteiger partial charge < -0.3 is 23.9 Å². The van der Waals surface area contributed by atoms with Crippen LogP contribution in [0.1, 0.15) is 29.7 Å². The molecule has 6 heteroatoms. The van der Waals surface area contributed by atoms with E-state index in [9.17, 15) is 4.79 Å². The first-order valence-electron chi connectivity index (χ1n) is 10.6. The molecule has 2 aliphatic rings. The van der Waals surface area contributed by atoms with E-state index in [4.69, 9.17) is 18.6 Å². The van der Waals surface area contributed by atoms with Crippen molar-refractivity contribution < 1.29 is 23.4 Å². The minimum Gasteiger partial charge on any atom is -0.486 e. The quantitative estimate of drug-likeness (QED) is 0.673. The summed E-state index contributed by atoms with van der Waals surface area (Å²) in [5.74, 6) is 3.20. The zero-order chi connectivity index (χ0) is 20.3. The van der Waals surface area contributed by atoms with Crippen LogP contribution in [0.2, 0.25) is 0 Å². The van der Waals surface area contributed by atoms with Crippen LogP contribution in [0.15, 0.2) is 40.8 Å². The van der Waals surface area contributed by atoms with Crippen molar-refractivity contribution in [2.24, 2.45) is 0 Å². The number of fused-ring (bicyclic) bond motifs is 4. The van der Waals surface area contributed by atoms with Gasteiger partial charge in [0.15, 0.2) is 18.1 Å². The predicted molar refractivity (Wildman–Crippen MR) is 112 cm³/mol. The molecule has 1 N–H and O–H groups in total. The molecule has 1 aromatic heterocycles. The summed E-state index contributed by atoms with van der Waals surface area (Å²) in [6.45, 7) is 1.68. The molecule has 0 saturated carbocycles. The van der Waals surface area contributed by atoms with Gasteiger partial charge in [-0.1, -0.05) is 6.07 Å². The average molecular weight is 407 g/mol. The van der Waals surface area contributed by atoms with E-state index in [0.29, 0.717) is 25.5 Å². The van der Waals surface area contributed by atoms with Crippen LogP contribution >= 0.6 is 0 Å². The standard InChI is InChI=1S/C24H25NO5/c26-24(25-10-9-16-5-7-22-23(13-16)28-12-11-27-22)15-29-17-6-8-21-19(14-17)18-3-1-2-4-20(18)30-21/h5-8,13-14H,1-4,9-12,15H2,(H,25,26). The van der Waals surface area contributed by atoms with Crippen molar-refractivity contribution in [2.75, 3.05) is 26.4 Å². The second-order valence-corrected chi connectivity index (χ2v) is 7.74. The van der Waals surface area contributed by atoms with Gasteiger partial charge in [0.2, 0.25) is 0 Å². The molecule has 0 spiro atoms. The minimum absolute atomic E-state index is 0.00725. The molecular formula is C24H25NO5. The molecule has 0 fully saturated rings. The highest BCUT2D eigenvalue weighted by atomic mass is 16.6. The highest BCUT2D eigenvalue weighted by molar-refractivity contribution is 5.84. The summed E-state index contributed by atoms with van der Waals surface area (Å²) < 4.78 is 22.8. The van der Waals surface area contributed by atoms with Crippen LogP contribution in [0, 0.1) is 0 Å². The molecule has 2 heterocycles. The lowest BCUT2D eigenvalue weighted by Crippen LogP contribution is -2.30. The Kier molecular flexibility index (Phi) is 5.22. The molecule has 3 aromatic rings. The number of furan rings is 1. The van der Waals surface area contributed by atoms with Crippen molar-refractivity contribution in [3.05, 3.63) is 53.3 Å². The fourth-order valence-corrected chi connectivity index (χ4v) is 4.12. The fraction of sp³-hybridized carbons (Fsp3) is 0.375. The largest absolute Gasteiger partial charge is 0.486 e. The highest BCUT2D eigenvalue weighted by Gasteiger charge is 2.18. The first-order valence-corrected chi connectivity index (χ1v) is 10.6. The van der Waals surface area contributed by atoms with Crippen LogP contribution < -0.4 is 19.5 Å². The highest BCUT2D eigenvalue weighted by Crippen LogP contribution is 2.34. The predicted octanol–water partition coefficient (Wildman–Crippen LogP) is 3.82. The Morgan fingerprint density at radius 1 is 1.00 bits per heavy atom. The Morgan fingerprint density at radius 2 is 1.87 bits per heavy atom. The second kappa shape index (κ2) is 8.30. The Morgan fingerprint density at radius 3 is 2.80 bits per heavy atom. The van der Waals surface area contributed by atoms with Gasteiger partial charge in [0.05, 0.1) is 0 Å². The van der Waals surface area contributed by atoms with E-state index in [0.717, 1.165) is 53.1 Å². The SMILES string of the molecule is O=C(COc1ccc2oc3c(c2c1)CCCC3)NCCc1ccc2c(c1)OCCO2. The zero-order valence-electron chi connectivity index (χ0n) is 16.9. The van der Waals surface area contributed by atoms with Crippen LogP contribution in [-0.4, -0.2) is 32.3 Å². The maximum Gasteiger partial charge on any atom is 0.257 e. The van der Waals surface area contributed by atoms with Crippen molar-refractivity contribution >= 4 is 16.9 Å². The third kappa shape index (κ3) is 3.95. The molecule has 2 aromatic carbocycles. The number of aryl methyl sites for hydroxylation is 2. The molecule has 1 aliphatic heterocycles. The van der Waals surface area contributed by atoms with Gasteiger partial charge in [-0.05, 0) is 61.6 Å². The number of amides is 1. The summed E-state index contributed by atoms with van der Waals surface area (Å²) >= 11 is 0. The van der Waals surface area contributed by atoms with Gasteiger partial charge in [0.1, 0.15) is 30.3 Å². The van der Waals surface area contributed by atoms with Gasteiger partial charge in [-0.25, -0.2) is 0 Å². The smallest absolute Gasteiger partial charge is 0.257 e. The van der Waals surface area contributed by atoms with Crippen LogP contribution in [0.3, 0.4) is 0 Å². The monoisotopic (exact) mass is 407 g/mol. The molecule has 0 atom stereocenters. The van der Waals surface area contributed by atoms with E-state index in [-0.39, 0.29) is 12.5 Å². The van der Waals surface area contributed by atoms with Crippen molar-refractivity contribution in [3.63, 3.8) is 0 Å². The van der Waals surface area contributed by atoms with Gasteiger partial charge in [-0.15, -0.1) is 0 Å². The molecule has 0 radical (unpaired) electrons. The topological polar surface area (TPSA) is 69.9 Å². The maximum absolute atomic E-state index is 12.2. The van der Waals surface area contributed by atoms with Crippen molar-refractivity contribution in [3.8, 4) is 17.2 Å². The molecule has 156 valence electrons. The zero-order valence-corrected chi connectivity index (χ0v) is 16.9. The van der Waals surface area contributed by atoms with E-state index < -0.39 is 0 Å². The van der Waals surface area contributed by atoms with Crippen LogP contribution in [0.5, 0.6) is 17.2 Å². The summed E-state index contributed by atoms with van der Waals surface area (Å²) in [7, 11) is 0. The van der Waals surface area contributed by atoms with E-state index in [1.54, 1.807) is 0 Å². The summed E-state index contributed by atoms with van der Waals surface area (Å²) in [6.07, 6.45) is 5.15. The van der Waals surface area contributed by atoms with Crippen molar-refractivity contribution in [2.45, 2.75) is 32.1 Å². The summed E-state index contributed by atoms with van der Waals surface area (Å²) in [6, 6.07) is 11.7. The van der Waals surface area contributed by atoms with Crippen LogP contribution in [0.4, 0.5) is 0 Å². The third-order valence-corrected chi connectivity index (χ3v) is 5.64. The first-order chi connectivity index (χ1) is 14.8. The van der Waals surface area contributed by atoms with Gasteiger partial charge in [-0.3, -0.25) is 4.79 Å². The molecule has 5 rings (SSSR count). The van der Waals surface area contributed by atoms with Crippen molar-refractivity contribution in [1.82, 2.24) is 5.32 Å². The molecule has 1 amide bonds. The number of ether oxygens (including phenoxy) is 3.